The summed E-state index contributed by atoms with van der Waals surface area (Å²) in [5, 5.41) is 14.5. The summed E-state index contributed by atoms with van der Waals surface area (Å²) < 4.78 is 13.3. The van der Waals surface area contributed by atoms with Crippen molar-refractivity contribution in [1.82, 2.24) is 5.32 Å². The van der Waals surface area contributed by atoms with Crippen molar-refractivity contribution in [3.63, 3.8) is 0 Å². The van der Waals surface area contributed by atoms with Crippen molar-refractivity contribution in [3.8, 4) is 0 Å². The van der Waals surface area contributed by atoms with E-state index in [4.69, 9.17) is 10.9 Å². The zero-order valence-electron chi connectivity index (χ0n) is 9.15. The molecular formula is C11H16FN3O. The Bertz CT molecular complexity index is 368. The van der Waals surface area contributed by atoms with Gasteiger partial charge in [0.25, 0.3) is 0 Å². The second-order valence-corrected chi connectivity index (χ2v) is 3.46. The molecule has 0 spiro atoms. The van der Waals surface area contributed by atoms with Crippen molar-refractivity contribution in [1.29, 1.82) is 0 Å². The van der Waals surface area contributed by atoms with E-state index < -0.39 is 0 Å². The number of hydrogen-bond acceptors (Lipinski definition) is 3. The van der Waals surface area contributed by atoms with Crippen LogP contribution in [0.5, 0.6) is 0 Å². The van der Waals surface area contributed by atoms with Gasteiger partial charge in [-0.15, -0.1) is 0 Å². The maximum atomic E-state index is 13.3. The molecule has 1 aromatic rings. The van der Waals surface area contributed by atoms with Crippen LogP contribution in [-0.4, -0.2) is 17.1 Å². The quantitative estimate of drug-likeness (QED) is 0.307. The van der Waals surface area contributed by atoms with E-state index >= 15 is 0 Å². The van der Waals surface area contributed by atoms with Gasteiger partial charge in [-0.05, 0) is 12.5 Å². The fraction of sp³-hybridized carbons (Fsp3) is 0.364. The number of halogens is 1. The number of rotatable bonds is 5. The van der Waals surface area contributed by atoms with Crippen molar-refractivity contribution in [2.24, 2.45) is 10.9 Å². The Morgan fingerprint density at radius 1 is 1.56 bits per heavy atom. The van der Waals surface area contributed by atoms with Crippen LogP contribution in [0.1, 0.15) is 18.9 Å². The van der Waals surface area contributed by atoms with Gasteiger partial charge in [-0.2, -0.15) is 0 Å². The summed E-state index contributed by atoms with van der Waals surface area (Å²) in [5.41, 5.74) is 6.04. The average Bonchev–Trinajstić information content (AvgIpc) is 2.31. The third-order valence-corrected chi connectivity index (χ3v) is 2.38. The molecule has 0 radical (unpaired) electrons. The Labute approximate surface area is 94.0 Å². The van der Waals surface area contributed by atoms with E-state index in [0.29, 0.717) is 18.5 Å². The first kappa shape index (κ1) is 12.4. The van der Waals surface area contributed by atoms with Crippen LogP contribution in [0.15, 0.2) is 29.4 Å². The van der Waals surface area contributed by atoms with Crippen LogP contribution >= 0.6 is 0 Å². The zero-order chi connectivity index (χ0) is 12.0. The van der Waals surface area contributed by atoms with Gasteiger partial charge >= 0.3 is 0 Å². The van der Waals surface area contributed by atoms with Gasteiger partial charge in [0.15, 0.2) is 5.84 Å². The molecule has 0 heterocycles. The predicted octanol–water partition coefficient (Wildman–Crippen LogP) is 1.44. The van der Waals surface area contributed by atoms with Crippen LogP contribution in [0.4, 0.5) is 4.39 Å². The minimum absolute atomic E-state index is 0.110. The van der Waals surface area contributed by atoms with Crippen LogP contribution in [0, 0.1) is 5.82 Å². The molecule has 16 heavy (non-hydrogen) atoms. The second-order valence-electron chi connectivity index (χ2n) is 3.46. The largest absolute Gasteiger partial charge is 0.409 e. The summed E-state index contributed by atoms with van der Waals surface area (Å²) in [6, 6.07) is 6.26. The fourth-order valence-corrected chi connectivity index (χ4v) is 1.40. The van der Waals surface area contributed by atoms with E-state index in [2.05, 4.69) is 10.5 Å². The lowest BCUT2D eigenvalue weighted by Crippen LogP contribution is -2.40. The minimum atomic E-state index is -0.260. The summed E-state index contributed by atoms with van der Waals surface area (Å²) in [7, 11) is 0. The Hall–Kier alpha value is -1.62. The molecule has 1 aromatic carbocycles. The van der Waals surface area contributed by atoms with E-state index in [1.54, 1.807) is 18.2 Å². The SMILES string of the molecule is CCC(NCc1ccccc1F)C(N)=NO. The van der Waals surface area contributed by atoms with Crippen LogP contribution in [0.2, 0.25) is 0 Å². The summed E-state index contributed by atoms with van der Waals surface area (Å²) in [4.78, 5) is 0. The molecule has 0 aromatic heterocycles. The Balaban J connectivity index is 2.60. The number of benzene rings is 1. The lowest BCUT2D eigenvalue weighted by atomic mass is 10.1. The monoisotopic (exact) mass is 225 g/mol. The number of amidine groups is 1. The van der Waals surface area contributed by atoms with E-state index in [1.807, 2.05) is 6.92 Å². The fourth-order valence-electron chi connectivity index (χ4n) is 1.40. The van der Waals surface area contributed by atoms with Crippen LogP contribution in [0.25, 0.3) is 0 Å². The average molecular weight is 225 g/mol. The molecular weight excluding hydrogens is 209 g/mol. The molecule has 0 bridgehead atoms. The highest BCUT2D eigenvalue weighted by Crippen LogP contribution is 2.06. The van der Waals surface area contributed by atoms with Crippen LogP contribution < -0.4 is 11.1 Å². The van der Waals surface area contributed by atoms with Gasteiger partial charge in [-0.3, -0.25) is 0 Å². The number of nitrogens with zero attached hydrogens (tertiary/aromatic N) is 1. The van der Waals surface area contributed by atoms with Crippen molar-refractivity contribution < 1.29 is 9.60 Å². The first-order valence-corrected chi connectivity index (χ1v) is 5.13. The molecule has 0 fully saturated rings. The second kappa shape index (κ2) is 6.07. The van der Waals surface area contributed by atoms with Gasteiger partial charge < -0.3 is 16.3 Å². The lowest BCUT2D eigenvalue weighted by molar-refractivity contribution is 0.314. The number of oxime groups is 1. The van der Waals surface area contributed by atoms with E-state index in [0.717, 1.165) is 0 Å². The minimum Gasteiger partial charge on any atom is -0.409 e. The molecule has 0 amide bonds. The Kier molecular flexibility index (Phi) is 4.72. The van der Waals surface area contributed by atoms with E-state index in [1.165, 1.54) is 6.07 Å². The normalized spacial score (nSPS) is 13.8. The van der Waals surface area contributed by atoms with E-state index in [-0.39, 0.29) is 17.7 Å². The van der Waals surface area contributed by atoms with Crippen molar-refractivity contribution >= 4 is 5.84 Å². The molecule has 0 aliphatic carbocycles. The highest BCUT2D eigenvalue weighted by atomic mass is 19.1. The molecule has 1 unspecified atom stereocenters. The topological polar surface area (TPSA) is 70.6 Å². The predicted molar refractivity (Wildman–Crippen MR) is 60.7 cm³/mol. The van der Waals surface area contributed by atoms with Gasteiger partial charge in [-0.25, -0.2) is 4.39 Å². The number of nitrogens with two attached hydrogens (primary N) is 1. The number of nitrogens with one attached hydrogen (secondary N) is 1. The first-order chi connectivity index (χ1) is 7.69. The maximum Gasteiger partial charge on any atom is 0.156 e. The molecule has 88 valence electrons. The Morgan fingerprint density at radius 2 is 2.25 bits per heavy atom. The molecule has 4 nitrogen and oxygen atoms in total. The van der Waals surface area contributed by atoms with Gasteiger partial charge in [0.1, 0.15) is 5.82 Å². The van der Waals surface area contributed by atoms with Crippen LogP contribution in [-0.2, 0) is 6.54 Å². The molecule has 0 saturated carbocycles. The third kappa shape index (κ3) is 3.20. The molecule has 0 aliphatic rings. The van der Waals surface area contributed by atoms with Gasteiger partial charge in [0.2, 0.25) is 0 Å². The number of hydrogen-bond donors (Lipinski definition) is 3. The van der Waals surface area contributed by atoms with Gasteiger partial charge in [-0.1, -0.05) is 30.3 Å². The highest BCUT2D eigenvalue weighted by Gasteiger charge is 2.11. The van der Waals surface area contributed by atoms with Crippen molar-refractivity contribution in [2.45, 2.75) is 25.9 Å². The standard InChI is InChI=1S/C11H16FN3O/c1-2-10(11(13)15-16)14-7-8-5-3-4-6-9(8)12/h3-6,10,14,16H,2,7H2,1H3,(H2,13,15). The molecule has 4 N–H and O–H groups in total. The third-order valence-electron chi connectivity index (χ3n) is 2.38. The molecule has 1 atom stereocenters. The molecule has 0 saturated heterocycles. The lowest BCUT2D eigenvalue weighted by Gasteiger charge is -2.15. The molecule has 1 rings (SSSR count). The van der Waals surface area contributed by atoms with E-state index in [9.17, 15) is 4.39 Å². The van der Waals surface area contributed by atoms with Crippen molar-refractivity contribution in [3.05, 3.63) is 35.6 Å². The highest BCUT2D eigenvalue weighted by molar-refractivity contribution is 5.85. The smallest absolute Gasteiger partial charge is 0.156 e. The molecule has 0 aliphatic heterocycles. The first-order valence-electron chi connectivity index (χ1n) is 5.13. The van der Waals surface area contributed by atoms with Crippen molar-refractivity contribution in [2.75, 3.05) is 0 Å². The summed E-state index contributed by atoms with van der Waals surface area (Å²) in [5.74, 6) is -0.150. The molecule has 5 heteroatoms. The Morgan fingerprint density at radius 3 is 2.81 bits per heavy atom. The van der Waals surface area contributed by atoms with Crippen LogP contribution in [0.3, 0.4) is 0 Å². The maximum absolute atomic E-state index is 13.3. The summed E-state index contributed by atoms with van der Waals surface area (Å²) in [6.45, 7) is 2.25. The van der Waals surface area contributed by atoms with Gasteiger partial charge in [0.05, 0.1) is 6.04 Å². The summed E-state index contributed by atoms with van der Waals surface area (Å²) in [6.07, 6.45) is 0.671. The summed E-state index contributed by atoms with van der Waals surface area (Å²) >= 11 is 0. The zero-order valence-corrected chi connectivity index (χ0v) is 9.15. The van der Waals surface area contributed by atoms with Gasteiger partial charge in [0, 0.05) is 12.1 Å².